The lowest BCUT2D eigenvalue weighted by Crippen LogP contribution is -2.48. The van der Waals surface area contributed by atoms with Crippen LogP contribution in [0.5, 0.6) is 0 Å². The molecule has 1 saturated heterocycles. The summed E-state index contributed by atoms with van der Waals surface area (Å²) in [5, 5.41) is 12.1. The molecule has 37 heavy (non-hydrogen) atoms. The van der Waals surface area contributed by atoms with Gasteiger partial charge in [0.15, 0.2) is 0 Å². The fraction of sp³-hybridized carbons (Fsp3) is 0.276. The van der Waals surface area contributed by atoms with Crippen LogP contribution in [0.3, 0.4) is 0 Å². The molecule has 2 N–H and O–H groups in total. The van der Waals surface area contributed by atoms with E-state index in [1.807, 2.05) is 66.7 Å². The smallest absolute Gasteiger partial charge is 0.407 e. The summed E-state index contributed by atoms with van der Waals surface area (Å²) in [4.78, 5) is 38.8. The van der Waals surface area contributed by atoms with Gasteiger partial charge in [-0.05, 0) is 27.8 Å². The number of amides is 2. The Kier molecular flexibility index (Phi) is 7.18. The van der Waals surface area contributed by atoms with Crippen molar-refractivity contribution >= 4 is 18.0 Å². The van der Waals surface area contributed by atoms with Crippen molar-refractivity contribution in [2.24, 2.45) is 5.92 Å². The number of alkyl carbamates (subject to hydrolysis) is 1. The molecule has 0 bridgehead atoms. The zero-order valence-corrected chi connectivity index (χ0v) is 20.2. The van der Waals surface area contributed by atoms with Gasteiger partial charge in [-0.1, -0.05) is 78.9 Å². The Hall–Kier alpha value is -4.17. The zero-order chi connectivity index (χ0) is 25.8. The number of carbonyl (C=O) groups is 3. The number of carbonyl (C=O) groups excluding carboxylic acids is 2. The second-order valence-electron chi connectivity index (χ2n) is 9.29. The van der Waals surface area contributed by atoms with Crippen molar-refractivity contribution in [1.29, 1.82) is 0 Å². The Balaban J connectivity index is 1.23. The van der Waals surface area contributed by atoms with Gasteiger partial charge in [0.2, 0.25) is 5.91 Å². The molecule has 2 unspecified atom stereocenters. The van der Waals surface area contributed by atoms with Crippen molar-refractivity contribution in [3.63, 3.8) is 0 Å². The van der Waals surface area contributed by atoms with Gasteiger partial charge in [-0.25, -0.2) is 4.79 Å². The van der Waals surface area contributed by atoms with Crippen molar-refractivity contribution in [3.8, 4) is 11.1 Å². The van der Waals surface area contributed by atoms with Crippen molar-refractivity contribution in [1.82, 2.24) is 10.2 Å². The molecule has 3 aromatic carbocycles. The molecule has 2 atom stereocenters. The number of nitrogens with zero attached hydrogens (tertiary/aromatic N) is 1. The molecule has 2 aliphatic rings. The van der Waals surface area contributed by atoms with Crippen LogP contribution in [0, 0.1) is 5.92 Å². The molecule has 0 radical (unpaired) electrons. The third-order valence-electron chi connectivity index (χ3n) is 6.90. The maximum absolute atomic E-state index is 13.3. The van der Waals surface area contributed by atoms with Gasteiger partial charge in [0.25, 0.3) is 0 Å². The van der Waals surface area contributed by atoms with E-state index in [2.05, 4.69) is 17.4 Å². The first-order chi connectivity index (χ1) is 18.0. The van der Waals surface area contributed by atoms with Crippen LogP contribution < -0.4 is 5.32 Å². The predicted octanol–water partition coefficient (Wildman–Crippen LogP) is 3.65. The summed E-state index contributed by atoms with van der Waals surface area (Å²) in [6.45, 7) is 0.109. The number of nitrogens with one attached hydrogen (secondary N) is 1. The summed E-state index contributed by atoms with van der Waals surface area (Å²) in [6.07, 6.45) is -0.636. The predicted molar refractivity (Wildman–Crippen MR) is 136 cm³/mol. The van der Waals surface area contributed by atoms with Crippen molar-refractivity contribution in [2.45, 2.75) is 18.5 Å². The standard InChI is InChI=1S/C29H28N2O6/c32-27(33)15-31(14-19-8-2-1-3-9-19)28(34)25-16-36-18-26(25)30-29(35)37-17-24-22-12-6-4-10-20(22)21-11-5-7-13-23(21)24/h1-13,24-26H,14-18H2,(H,30,35)(H,32,33). The Bertz CT molecular complexity index is 1250. The van der Waals surface area contributed by atoms with E-state index in [1.165, 1.54) is 4.90 Å². The number of ether oxygens (including phenoxy) is 2. The molecule has 8 heteroatoms. The van der Waals surface area contributed by atoms with Gasteiger partial charge >= 0.3 is 12.1 Å². The van der Waals surface area contributed by atoms with Gasteiger partial charge in [0, 0.05) is 12.5 Å². The maximum atomic E-state index is 13.3. The van der Waals surface area contributed by atoms with Crippen LogP contribution in [0.1, 0.15) is 22.6 Å². The van der Waals surface area contributed by atoms with Crippen LogP contribution in [0.4, 0.5) is 4.79 Å². The van der Waals surface area contributed by atoms with Crippen molar-refractivity contribution in [2.75, 3.05) is 26.4 Å². The molecule has 8 nitrogen and oxygen atoms in total. The molecular formula is C29H28N2O6. The average molecular weight is 501 g/mol. The van der Waals surface area contributed by atoms with Crippen LogP contribution >= 0.6 is 0 Å². The fourth-order valence-electron chi connectivity index (χ4n) is 5.14. The van der Waals surface area contributed by atoms with Gasteiger partial charge in [-0.3, -0.25) is 9.59 Å². The summed E-state index contributed by atoms with van der Waals surface area (Å²) in [5.41, 5.74) is 5.31. The van der Waals surface area contributed by atoms with E-state index in [0.717, 1.165) is 27.8 Å². The number of fused-ring (bicyclic) bond motifs is 3. The third kappa shape index (κ3) is 5.34. The number of hydrogen-bond acceptors (Lipinski definition) is 5. The SMILES string of the molecule is O=C(O)CN(Cc1ccccc1)C(=O)C1COCC1NC(=O)OCC1c2ccccc2-c2ccccc21. The molecule has 2 amide bonds. The molecule has 0 saturated carbocycles. The van der Waals surface area contributed by atoms with Crippen LogP contribution in [-0.2, 0) is 25.6 Å². The molecule has 3 aromatic rings. The van der Waals surface area contributed by atoms with Crippen LogP contribution in [0.25, 0.3) is 11.1 Å². The Labute approximate surface area is 214 Å². The molecule has 1 heterocycles. The summed E-state index contributed by atoms with van der Waals surface area (Å²) < 4.78 is 11.1. The van der Waals surface area contributed by atoms with Crippen molar-refractivity contribution in [3.05, 3.63) is 95.6 Å². The summed E-state index contributed by atoms with van der Waals surface area (Å²) in [6, 6.07) is 24.7. The fourth-order valence-corrected chi connectivity index (χ4v) is 5.14. The van der Waals surface area contributed by atoms with Gasteiger partial charge in [-0.15, -0.1) is 0 Å². The summed E-state index contributed by atoms with van der Waals surface area (Å²) in [7, 11) is 0. The largest absolute Gasteiger partial charge is 0.480 e. The Morgan fingerprint density at radius 1 is 0.892 bits per heavy atom. The van der Waals surface area contributed by atoms with E-state index in [1.54, 1.807) is 0 Å². The molecule has 0 spiro atoms. The second-order valence-corrected chi connectivity index (χ2v) is 9.29. The monoisotopic (exact) mass is 500 g/mol. The van der Waals surface area contributed by atoms with E-state index in [0.29, 0.717) is 0 Å². The Morgan fingerprint density at radius 2 is 1.51 bits per heavy atom. The van der Waals surface area contributed by atoms with E-state index in [9.17, 15) is 19.5 Å². The van der Waals surface area contributed by atoms with Crippen LogP contribution in [0.15, 0.2) is 78.9 Å². The molecule has 190 valence electrons. The number of carboxylic acids is 1. The van der Waals surface area contributed by atoms with E-state index in [-0.39, 0.29) is 38.2 Å². The minimum absolute atomic E-state index is 0.0765. The van der Waals surface area contributed by atoms with Gasteiger partial charge in [0.05, 0.1) is 25.2 Å². The lowest BCUT2D eigenvalue weighted by atomic mass is 9.98. The number of aliphatic carboxylic acids is 1. The Morgan fingerprint density at radius 3 is 2.16 bits per heavy atom. The number of rotatable bonds is 8. The lowest BCUT2D eigenvalue weighted by molar-refractivity contribution is -0.147. The minimum Gasteiger partial charge on any atom is -0.480 e. The number of benzene rings is 3. The van der Waals surface area contributed by atoms with E-state index in [4.69, 9.17) is 9.47 Å². The zero-order valence-electron chi connectivity index (χ0n) is 20.2. The van der Waals surface area contributed by atoms with Crippen LogP contribution in [0.2, 0.25) is 0 Å². The summed E-state index contributed by atoms with van der Waals surface area (Å²) in [5.74, 6) is -2.27. The molecular weight excluding hydrogens is 472 g/mol. The molecule has 0 aromatic heterocycles. The third-order valence-corrected chi connectivity index (χ3v) is 6.90. The van der Waals surface area contributed by atoms with Crippen molar-refractivity contribution < 1.29 is 29.0 Å². The second kappa shape index (κ2) is 10.8. The number of hydrogen-bond donors (Lipinski definition) is 2. The highest BCUT2D eigenvalue weighted by Gasteiger charge is 2.39. The molecule has 1 fully saturated rings. The lowest BCUT2D eigenvalue weighted by Gasteiger charge is -2.26. The molecule has 1 aliphatic heterocycles. The first kappa shape index (κ1) is 24.5. The average Bonchev–Trinajstić information content (AvgIpc) is 3.49. The van der Waals surface area contributed by atoms with Crippen LogP contribution in [-0.4, -0.2) is 60.4 Å². The molecule has 5 rings (SSSR count). The maximum Gasteiger partial charge on any atom is 0.407 e. The minimum atomic E-state index is -1.11. The van der Waals surface area contributed by atoms with E-state index >= 15 is 0 Å². The quantitative estimate of drug-likeness (QED) is 0.489. The van der Waals surface area contributed by atoms with Gasteiger partial charge < -0.3 is 24.8 Å². The topological polar surface area (TPSA) is 105 Å². The normalized spacial score (nSPS) is 18.1. The first-order valence-corrected chi connectivity index (χ1v) is 12.2. The highest BCUT2D eigenvalue weighted by atomic mass is 16.5. The van der Waals surface area contributed by atoms with E-state index < -0.39 is 30.6 Å². The number of carboxylic acid groups (broad SMARTS) is 1. The van der Waals surface area contributed by atoms with Gasteiger partial charge in [-0.2, -0.15) is 0 Å². The highest BCUT2D eigenvalue weighted by molar-refractivity contribution is 5.84. The highest BCUT2D eigenvalue weighted by Crippen LogP contribution is 2.44. The summed E-state index contributed by atoms with van der Waals surface area (Å²) >= 11 is 0. The first-order valence-electron chi connectivity index (χ1n) is 12.2. The molecule has 1 aliphatic carbocycles. The van der Waals surface area contributed by atoms with Gasteiger partial charge in [0.1, 0.15) is 13.2 Å².